The SMILES string of the molecule is CCC1CCC(N=O)C(N=O)C1. The van der Waals surface area contributed by atoms with E-state index in [1.54, 1.807) is 0 Å². The molecule has 0 radical (unpaired) electrons. The lowest BCUT2D eigenvalue weighted by molar-refractivity contribution is 0.284. The van der Waals surface area contributed by atoms with Crippen LogP contribution in [0.5, 0.6) is 0 Å². The zero-order valence-electron chi connectivity index (χ0n) is 7.27. The molecule has 0 aromatic heterocycles. The van der Waals surface area contributed by atoms with Gasteiger partial charge in [-0.2, -0.15) is 9.81 Å². The van der Waals surface area contributed by atoms with E-state index >= 15 is 0 Å². The first-order valence-electron chi connectivity index (χ1n) is 4.46. The van der Waals surface area contributed by atoms with E-state index in [0.29, 0.717) is 5.92 Å². The summed E-state index contributed by atoms with van der Waals surface area (Å²) in [5, 5.41) is 5.88. The third kappa shape index (κ3) is 1.87. The highest BCUT2D eigenvalue weighted by molar-refractivity contribution is 4.88. The van der Waals surface area contributed by atoms with Gasteiger partial charge in [0, 0.05) is 0 Å². The maximum Gasteiger partial charge on any atom is 0.118 e. The van der Waals surface area contributed by atoms with Crippen LogP contribution >= 0.6 is 0 Å². The fraction of sp³-hybridized carbons (Fsp3) is 1.00. The maximum absolute atomic E-state index is 10.3. The van der Waals surface area contributed by atoms with Gasteiger partial charge >= 0.3 is 0 Å². The molecule has 12 heavy (non-hydrogen) atoms. The van der Waals surface area contributed by atoms with Crippen LogP contribution in [0.25, 0.3) is 0 Å². The first kappa shape index (κ1) is 9.29. The lowest BCUT2D eigenvalue weighted by Crippen LogP contribution is -2.30. The Kier molecular flexibility index (Phi) is 3.31. The quantitative estimate of drug-likeness (QED) is 0.611. The third-order valence-corrected chi connectivity index (χ3v) is 2.74. The molecule has 0 spiro atoms. The van der Waals surface area contributed by atoms with Gasteiger partial charge in [0.1, 0.15) is 12.1 Å². The summed E-state index contributed by atoms with van der Waals surface area (Å²) in [6.45, 7) is 2.10. The highest BCUT2D eigenvalue weighted by atomic mass is 16.3. The summed E-state index contributed by atoms with van der Waals surface area (Å²) in [6.07, 6.45) is 3.56. The summed E-state index contributed by atoms with van der Waals surface area (Å²) in [5.41, 5.74) is 0. The van der Waals surface area contributed by atoms with E-state index < -0.39 is 0 Å². The number of nitrogens with zero attached hydrogens (tertiary/aromatic N) is 2. The Morgan fingerprint density at radius 1 is 1.17 bits per heavy atom. The van der Waals surface area contributed by atoms with Gasteiger partial charge in [-0.1, -0.05) is 23.7 Å². The standard InChI is InChI=1S/C8H14N2O2/c1-2-6-3-4-7(9-11)8(5-6)10-12/h6-8H,2-5H2,1H3. The van der Waals surface area contributed by atoms with Crippen molar-refractivity contribution in [2.45, 2.75) is 44.7 Å². The number of hydrogen-bond donors (Lipinski definition) is 0. The predicted octanol–water partition coefficient (Wildman–Crippen LogP) is 2.47. The minimum Gasteiger partial charge on any atom is -0.150 e. The normalized spacial score (nSPS) is 35.9. The van der Waals surface area contributed by atoms with Gasteiger partial charge in [-0.15, -0.1) is 0 Å². The molecule has 1 rings (SSSR count). The number of nitroso groups, excluding NO2 is 2. The average molecular weight is 170 g/mol. The molecule has 1 fully saturated rings. The fourth-order valence-corrected chi connectivity index (χ4v) is 1.82. The lowest BCUT2D eigenvalue weighted by atomic mass is 9.82. The average Bonchev–Trinajstić information content (AvgIpc) is 2.16. The Morgan fingerprint density at radius 3 is 2.33 bits per heavy atom. The molecule has 0 aromatic rings. The van der Waals surface area contributed by atoms with Gasteiger partial charge < -0.3 is 0 Å². The molecule has 3 atom stereocenters. The topological polar surface area (TPSA) is 58.9 Å². The second-order valence-corrected chi connectivity index (χ2v) is 3.43. The van der Waals surface area contributed by atoms with E-state index in [-0.39, 0.29) is 12.1 Å². The zero-order valence-corrected chi connectivity index (χ0v) is 7.27. The van der Waals surface area contributed by atoms with Gasteiger partial charge in [0.25, 0.3) is 0 Å². The smallest absolute Gasteiger partial charge is 0.118 e. The molecule has 1 saturated carbocycles. The molecule has 0 heterocycles. The summed E-state index contributed by atoms with van der Waals surface area (Å²) < 4.78 is 0. The fourth-order valence-electron chi connectivity index (χ4n) is 1.82. The van der Waals surface area contributed by atoms with Crippen molar-refractivity contribution >= 4 is 0 Å². The summed E-state index contributed by atoms with van der Waals surface area (Å²) in [7, 11) is 0. The molecular formula is C8H14N2O2. The molecule has 0 aliphatic heterocycles. The van der Waals surface area contributed by atoms with Crippen LogP contribution in [-0.2, 0) is 0 Å². The summed E-state index contributed by atoms with van der Waals surface area (Å²) >= 11 is 0. The van der Waals surface area contributed by atoms with Crippen LogP contribution in [0.15, 0.2) is 10.4 Å². The molecule has 68 valence electrons. The van der Waals surface area contributed by atoms with Crippen LogP contribution in [-0.4, -0.2) is 12.1 Å². The van der Waals surface area contributed by atoms with Gasteiger partial charge in [0.15, 0.2) is 0 Å². The third-order valence-electron chi connectivity index (χ3n) is 2.74. The second-order valence-electron chi connectivity index (χ2n) is 3.43. The minimum atomic E-state index is -0.360. The number of hydrogen-bond acceptors (Lipinski definition) is 4. The molecule has 4 nitrogen and oxygen atoms in total. The highest BCUT2D eigenvalue weighted by Crippen LogP contribution is 2.30. The molecule has 0 N–H and O–H groups in total. The summed E-state index contributed by atoms with van der Waals surface area (Å²) in [4.78, 5) is 20.6. The Labute approximate surface area is 71.7 Å². The van der Waals surface area contributed by atoms with Crippen LogP contribution < -0.4 is 0 Å². The van der Waals surface area contributed by atoms with E-state index in [1.165, 1.54) is 0 Å². The molecule has 0 amide bonds. The van der Waals surface area contributed by atoms with Gasteiger partial charge in [-0.25, -0.2) is 0 Å². The van der Waals surface area contributed by atoms with E-state index in [9.17, 15) is 9.81 Å². The van der Waals surface area contributed by atoms with Gasteiger partial charge in [0.2, 0.25) is 0 Å². The maximum atomic E-state index is 10.3. The number of rotatable bonds is 3. The molecule has 0 aromatic carbocycles. The largest absolute Gasteiger partial charge is 0.150 e. The monoisotopic (exact) mass is 170 g/mol. The van der Waals surface area contributed by atoms with Crippen molar-refractivity contribution in [1.29, 1.82) is 0 Å². The van der Waals surface area contributed by atoms with Crippen LogP contribution in [0.3, 0.4) is 0 Å². The molecule has 4 heteroatoms. The Balaban J connectivity index is 2.52. The molecular weight excluding hydrogens is 156 g/mol. The molecule has 0 bridgehead atoms. The molecule has 1 aliphatic rings. The Hall–Kier alpha value is -0.800. The Bertz CT molecular complexity index is 172. The van der Waals surface area contributed by atoms with Gasteiger partial charge in [-0.3, -0.25) is 0 Å². The van der Waals surface area contributed by atoms with Crippen molar-refractivity contribution in [3.05, 3.63) is 9.81 Å². The molecule has 3 unspecified atom stereocenters. The van der Waals surface area contributed by atoms with E-state index in [1.807, 2.05) is 0 Å². The summed E-state index contributed by atoms with van der Waals surface area (Å²) in [5.74, 6) is 0.561. The highest BCUT2D eigenvalue weighted by Gasteiger charge is 2.31. The van der Waals surface area contributed by atoms with Crippen LogP contribution in [0, 0.1) is 15.7 Å². The molecule has 0 saturated heterocycles. The van der Waals surface area contributed by atoms with Crippen LogP contribution in [0.2, 0.25) is 0 Å². The van der Waals surface area contributed by atoms with Crippen LogP contribution in [0.1, 0.15) is 32.6 Å². The van der Waals surface area contributed by atoms with Crippen LogP contribution in [0.4, 0.5) is 0 Å². The lowest BCUT2D eigenvalue weighted by Gasteiger charge is -2.27. The van der Waals surface area contributed by atoms with Crippen molar-refractivity contribution in [3.63, 3.8) is 0 Å². The van der Waals surface area contributed by atoms with Gasteiger partial charge in [0.05, 0.1) is 0 Å². The first-order chi connectivity index (χ1) is 5.81. The van der Waals surface area contributed by atoms with Gasteiger partial charge in [-0.05, 0) is 25.2 Å². The summed E-state index contributed by atoms with van der Waals surface area (Å²) in [6, 6.07) is -0.716. The minimum absolute atomic E-state index is 0.356. The molecule has 1 aliphatic carbocycles. The van der Waals surface area contributed by atoms with Crippen molar-refractivity contribution < 1.29 is 0 Å². The zero-order chi connectivity index (χ0) is 8.97. The van der Waals surface area contributed by atoms with Crippen molar-refractivity contribution in [2.75, 3.05) is 0 Å². The second kappa shape index (κ2) is 4.28. The van der Waals surface area contributed by atoms with E-state index in [4.69, 9.17) is 0 Å². The van der Waals surface area contributed by atoms with E-state index in [0.717, 1.165) is 25.7 Å². The first-order valence-corrected chi connectivity index (χ1v) is 4.46. The Morgan fingerprint density at radius 2 is 1.83 bits per heavy atom. The van der Waals surface area contributed by atoms with Crippen molar-refractivity contribution in [1.82, 2.24) is 0 Å². The van der Waals surface area contributed by atoms with Crippen molar-refractivity contribution in [2.24, 2.45) is 16.3 Å². The predicted molar refractivity (Wildman–Crippen MR) is 46.8 cm³/mol. The van der Waals surface area contributed by atoms with E-state index in [2.05, 4.69) is 17.3 Å². The van der Waals surface area contributed by atoms with Crippen molar-refractivity contribution in [3.8, 4) is 0 Å².